The van der Waals surface area contributed by atoms with E-state index in [2.05, 4.69) is 5.32 Å². The highest BCUT2D eigenvalue weighted by atomic mass is 16.3. The molecule has 1 aromatic rings. The molecule has 3 amide bonds. The number of carbonyl (C=O) groups excluding carboxylic acids is 3. The molecule has 0 saturated carbocycles. The van der Waals surface area contributed by atoms with E-state index in [4.69, 9.17) is 4.42 Å². The summed E-state index contributed by atoms with van der Waals surface area (Å²) in [5.41, 5.74) is -0.230. The molecular formula is C18H25N3O5. The molecule has 0 bridgehead atoms. The largest absolute Gasteiger partial charge is 0.466 e. The fourth-order valence-electron chi connectivity index (χ4n) is 4.36. The van der Waals surface area contributed by atoms with Crippen LogP contribution in [0.5, 0.6) is 0 Å². The number of piperidine rings is 1. The molecule has 3 rings (SSSR count). The molecule has 0 radical (unpaired) electrons. The van der Waals surface area contributed by atoms with Crippen LogP contribution in [-0.2, 0) is 9.59 Å². The predicted octanol–water partition coefficient (Wildman–Crippen LogP) is 0.0663. The molecule has 2 N–H and O–H groups in total. The quantitative estimate of drug-likeness (QED) is 0.774. The van der Waals surface area contributed by atoms with Crippen molar-refractivity contribution >= 4 is 17.7 Å². The van der Waals surface area contributed by atoms with Crippen molar-refractivity contribution in [2.45, 2.75) is 38.3 Å². The van der Waals surface area contributed by atoms with Crippen molar-refractivity contribution in [2.75, 3.05) is 27.2 Å². The number of hydrogen-bond donors (Lipinski definition) is 2. The van der Waals surface area contributed by atoms with E-state index in [-0.39, 0.29) is 11.8 Å². The Balaban J connectivity index is 1.81. The summed E-state index contributed by atoms with van der Waals surface area (Å²) in [4.78, 5) is 40.6. The highest BCUT2D eigenvalue weighted by molar-refractivity contribution is 5.96. The lowest BCUT2D eigenvalue weighted by molar-refractivity contribution is -0.137. The number of nitrogens with zero attached hydrogens (tertiary/aromatic N) is 2. The second-order valence-corrected chi connectivity index (χ2v) is 7.16. The normalized spacial score (nSPS) is 25.0. The summed E-state index contributed by atoms with van der Waals surface area (Å²) >= 11 is 0. The summed E-state index contributed by atoms with van der Waals surface area (Å²) in [5.74, 6) is -0.475. The minimum Gasteiger partial charge on any atom is -0.466 e. The number of carbonyl (C=O) groups is 3. The van der Waals surface area contributed by atoms with Crippen LogP contribution in [0.4, 0.5) is 0 Å². The van der Waals surface area contributed by atoms with Crippen molar-refractivity contribution in [3.63, 3.8) is 0 Å². The van der Waals surface area contributed by atoms with Gasteiger partial charge in [0.2, 0.25) is 5.91 Å². The molecule has 2 atom stereocenters. The maximum Gasteiger partial charge on any atom is 0.257 e. The van der Waals surface area contributed by atoms with Gasteiger partial charge in [-0.1, -0.05) is 0 Å². The summed E-state index contributed by atoms with van der Waals surface area (Å²) in [6, 6.07) is 1.73. The van der Waals surface area contributed by atoms with Crippen LogP contribution in [0.1, 0.15) is 34.7 Å². The van der Waals surface area contributed by atoms with Gasteiger partial charge < -0.3 is 24.6 Å². The van der Waals surface area contributed by atoms with Gasteiger partial charge in [0, 0.05) is 27.2 Å². The molecule has 0 aliphatic carbocycles. The zero-order chi connectivity index (χ0) is 19.2. The minimum absolute atomic E-state index is 0.113. The molecule has 1 aromatic heterocycles. The van der Waals surface area contributed by atoms with E-state index >= 15 is 0 Å². The summed E-state index contributed by atoms with van der Waals surface area (Å²) in [6.07, 6.45) is -0.473. The third kappa shape index (κ3) is 2.59. The summed E-state index contributed by atoms with van der Waals surface area (Å²) in [6.45, 7) is 4.36. The smallest absolute Gasteiger partial charge is 0.257 e. The van der Waals surface area contributed by atoms with Gasteiger partial charge in [-0.25, -0.2) is 0 Å². The predicted molar refractivity (Wildman–Crippen MR) is 92.4 cm³/mol. The standard InChI is InChI=1S/C18H25N3O5/c1-10-9-12(11(2)26-10)16(24)21-7-5-18(6-8-21)13(15(23)19-3)14(22)17(25)20(18)4/h9,13-14,22H,5-8H2,1-4H3,(H,19,23)/t13-,14+/m0/s1. The molecule has 2 fully saturated rings. The van der Waals surface area contributed by atoms with Crippen LogP contribution in [0.2, 0.25) is 0 Å². The van der Waals surface area contributed by atoms with Crippen molar-refractivity contribution in [1.82, 2.24) is 15.1 Å². The highest BCUT2D eigenvalue weighted by Crippen LogP contribution is 2.43. The lowest BCUT2D eigenvalue weighted by Gasteiger charge is -2.45. The minimum atomic E-state index is -1.35. The molecule has 0 unspecified atom stereocenters. The average Bonchev–Trinajstić information content (AvgIpc) is 3.05. The Hall–Kier alpha value is -2.35. The number of rotatable bonds is 2. The molecule has 1 spiro atoms. The van der Waals surface area contributed by atoms with Crippen LogP contribution >= 0.6 is 0 Å². The Kier molecular flexibility index (Phi) is 4.56. The highest BCUT2D eigenvalue weighted by Gasteiger charge is 2.60. The molecule has 8 heteroatoms. The van der Waals surface area contributed by atoms with Gasteiger partial charge >= 0.3 is 0 Å². The van der Waals surface area contributed by atoms with Gasteiger partial charge in [-0.05, 0) is 32.8 Å². The van der Waals surface area contributed by atoms with Crippen molar-refractivity contribution < 1.29 is 23.9 Å². The van der Waals surface area contributed by atoms with Crippen LogP contribution in [0, 0.1) is 19.8 Å². The second-order valence-electron chi connectivity index (χ2n) is 7.16. The van der Waals surface area contributed by atoms with E-state index in [0.717, 1.165) is 0 Å². The van der Waals surface area contributed by atoms with Gasteiger partial charge in [-0.2, -0.15) is 0 Å². The molecule has 142 valence electrons. The first-order valence-electron chi connectivity index (χ1n) is 8.76. The van der Waals surface area contributed by atoms with Crippen molar-refractivity contribution in [2.24, 2.45) is 5.92 Å². The van der Waals surface area contributed by atoms with Crippen LogP contribution in [0.3, 0.4) is 0 Å². The second kappa shape index (κ2) is 6.42. The molecular weight excluding hydrogens is 338 g/mol. The maximum absolute atomic E-state index is 12.8. The van der Waals surface area contributed by atoms with Gasteiger partial charge in [0.1, 0.15) is 17.6 Å². The number of likely N-dealkylation sites (tertiary alicyclic amines) is 2. The first-order valence-corrected chi connectivity index (χ1v) is 8.76. The Labute approximate surface area is 152 Å². The maximum atomic E-state index is 12.8. The third-order valence-electron chi connectivity index (χ3n) is 5.86. The molecule has 3 heterocycles. The SMILES string of the molecule is CNC(=O)[C@@H]1[C@@H](O)C(=O)N(C)C12CCN(C(=O)c1cc(C)oc1C)CC2. The fourth-order valence-corrected chi connectivity index (χ4v) is 4.36. The lowest BCUT2D eigenvalue weighted by Crippen LogP contribution is -2.58. The Morgan fingerprint density at radius 1 is 1.31 bits per heavy atom. The van der Waals surface area contributed by atoms with E-state index in [1.807, 2.05) is 0 Å². The molecule has 2 aliphatic rings. The number of likely N-dealkylation sites (N-methyl/N-ethyl adjacent to an activating group) is 1. The number of aliphatic hydroxyl groups excluding tert-OH is 1. The zero-order valence-corrected chi connectivity index (χ0v) is 15.5. The first-order chi connectivity index (χ1) is 12.2. The van der Waals surface area contributed by atoms with Gasteiger partial charge in [-0.3, -0.25) is 14.4 Å². The molecule has 26 heavy (non-hydrogen) atoms. The van der Waals surface area contributed by atoms with Gasteiger partial charge in [-0.15, -0.1) is 0 Å². The Morgan fingerprint density at radius 3 is 2.42 bits per heavy atom. The van der Waals surface area contributed by atoms with E-state index < -0.39 is 23.5 Å². The molecule has 2 aliphatic heterocycles. The van der Waals surface area contributed by atoms with Crippen molar-refractivity contribution in [3.8, 4) is 0 Å². The van der Waals surface area contributed by atoms with Gasteiger partial charge in [0.25, 0.3) is 11.8 Å². The van der Waals surface area contributed by atoms with Crippen LogP contribution < -0.4 is 5.32 Å². The number of aryl methyl sites for hydroxylation is 2. The van der Waals surface area contributed by atoms with E-state index in [1.165, 1.54) is 11.9 Å². The van der Waals surface area contributed by atoms with E-state index in [0.29, 0.717) is 43.0 Å². The number of nitrogens with one attached hydrogen (secondary N) is 1. The van der Waals surface area contributed by atoms with Crippen LogP contribution in [0.15, 0.2) is 10.5 Å². The van der Waals surface area contributed by atoms with E-state index in [9.17, 15) is 19.5 Å². The Morgan fingerprint density at radius 2 is 1.92 bits per heavy atom. The van der Waals surface area contributed by atoms with Crippen molar-refractivity contribution in [3.05, 3.63) is 23.2 Å². The summed E-state index contributed by atoms with van der Waals surface area (Å²) < 4.78 is 5.44. The van der Waals surface area contributed by atoms with Gasteiger partial charge in [0.05, 0.1) is 17.0 Å². The van der Waals surface area contributed by atoms with Gasteiger partial charge in [0.15, 0.2) is 0 Å². The van der Waals surface area contributed by atoms with Crippen molar-refractivity contribution in [1.29, 1.82) is 0 Å². The number of hydrogen-bond acceptors (Lipinski definition) is 5. The molecule has 8 nitrogen and oxygen atoms in total. The monoisotopic (exact) mass is 363 g/mol. The third-order valence-corrected chi connectivity index (χ3v) is 5.86. The summed E-state index contributed by atoms with van der Waals surface area (Å²) in [7, 11) is 3.11. The zero-order valence-electron chi connectivity index (χ0n) is 15.5. The molecule has 0 aromatic carbocycles. The number of aliphatic hydroxyl groups is 1. The Bertz CT molecular complexity index is 748. The fraction of sp³-hybridized carbons (Fsp3) is 0.611. The number of amides is 3. The first kappa shape index (κ1) is 18.4. The van der Waals surface area contributed by atoms with Crippen LogP contribution in [-0.4, -0.2) is 71.5 Å². The lowest BCUT2D eigenvalue weighted by atomic mass is 9.75. The summed E-state index contributed by atoms with van der Waals surface area (Å²) in [5, 5.41) is 12.8. The molecule has 2 saturated heterocycles. The average molecular weight is 363 g/mol. The number of furan rings is 1. The van der Waals surface area contributed by atoms with Crippen LogP contribution in [0.25, 0.3) is 0 Å². The van der Waals surface area contributed by atoms with E-state index in [1.54, 1.807) is 31.9 Å². The topological polar surface area (TPSA) is 103 Å².